The second kappa shape index (κ2) is 10.9. The first-order valence-corrected chi connectivity index (χ1v) is 11.4. The second-order valence-electron chi connectivity index (χ2n) is 8.32. The molecule has 4 rings (SSSR count). The average Bonchev–Trinajstić information content (AvgIpc) is 2.86. The third-order valence-electron chi connectivity index (χ3n) is 6.03. The van der Waals surface area contributed by atoms with Gasteiger partial charge in [-0.1, -0.05) is 24.3 Å². The molecule has 0 fully saturated rings. The Bertz CT molecular complexity index is 1130. The number of carbonyl (C=O) groups excluding carboxylic acids is 1. The largest absolute Gasteiger partial charge is 0.493 e. The van der Waals surface area contributed by atoms with Crippen molar-refractivity contribution in [2.45, 2.75) is 19.4 Å². The van der Waals surface area contributed by atoms with Gasteiger partial charge in [0, 0.05) is 25.3 Å². The number of ether oxygens (including phenoxy) is 3. The van der Waals surface area contributed by atoms with Crippen LogP contribution in [0.5, 0.6) is 17.2 Å². The van der Waals surface area contributed by atoms with Crippen molar-refractivity contribution < 1.29 is 19.0 Å². The molecule has 1 heterocycles. The normalized spacial score (nSPS) is 13.1. The molecule has 1 amide bonds. The Balaban J connectivity index is 1.26. The summed E-state index contributed by atoms with van der Waals surface area (Å²) in [7, 11) is 3.34. The number of nitrogens with one attached hydrogen (secondary N) is 1. The van der Waals surface area contributed by atoms with Crippen molar-refractivity contribution in [2.75, 3.05) is 45.0 Å². The Morgan fingerprint density at radius 1 is 0.971 bits per heavy atom. The molecule has 7 heteroatoms. The van der Waals surface area contributed by atoms with Gasteiger partial charge >= 0.3 is 0 Å². The minimum Gasteiger partial charge on any atom is -0.493 e. The summed E-state index contributed by atoms with van der Waals surface area (Å²) in [6, 6.07) is 19.3. The van der Waals surface area contributed by atoms with E-state index < -0.39 is 0 Å². The maximum Gasteiger partial charge on any atom is 0.262 e. The van der Waals surface area contributed by atoms with Crippen molar-refractivity contribution in [3.05, 3.63) is 77.4 Å². The van der Waals surface area contributed by atoms with Crippen LogP contribution in [0.1, 0.15) is 16.7 Å². The summed E-state index contributed by atoms with van der Waals surface area (Å²) < 4.78 is 16.4. The van der Waals surface area contributed by atoms with Gasteiger partial charge in [-0.3, -0.25) is 9.69 Å². The highest BCUT2D eigenvalue weighted by molar-refractivity contribution is 5.91. The molecule has 0 aliphatic carbocycles. The summed E-state index contributed by atoms with van der Waals surface area (Å²) >= 11 is 0. The van der Waals surface area contributed by atoms with E-state index in [0.717, 1.165) is 49.7 Å². The highest BCUT2D eigenvalue weighted by Gasteiger charge is 2.19. The van der Waals surface area contributed by atoms with Gasteiger partial charge in [-0.05, 0) is 65.9 Å². The van der Waals surface area contributed by atoms with Gasteiger partial charge < -0.3 is 25.3 Å². The SMILES string of the molecule is COc1cc2c(cc1OC)CN(CCc1ccc(NC(=O)COc3ccccc3N)cc1)CC2. The predicted molar refractivity (Wildman–Crippen MR) is 134 cm³/mol. The van der Waals surface area contributed by atoms with Gasteiger partial charge in [0.2, 0.25) is 0 Å². The number of benzene rings is 3. The van der Waals surface area contributed by atoms with Gasteiger partial charge in [0.05, 0.1) is 19.9 Å². The molecule has 1 aliphatic rings. The number of rotatable bonds is 9. The molecule has 3 aromatic carbocycles. The van der Waals surface area contributed by atoms with Crippen molar-refractivity contribution in [2.24, 2.45) is 0 Å². The van der Waals surface area contributed by atoms with Crippen molar-refractivity contribution in [3.63, 3.8) is 0 Å². The van der Waals surface area contributed by atoms with Crippen molar-refractivity contribution in [3.8, 4) is 17.2 Å². The van der Waals surface area contributed by atoms with Crippen LogP contribution in [0.25, 0.3) is 0 Å². The van der Waals surface area contributed by atoms with Crippen LogP contribution >= 0.6 is 0 Å². The fraction of sp³-hybridized carbons (Fsp3) is 0.296. The maximum absolute atomic E-state index is 12.2. The highest BCUT2D eigenvalue weighted by Crippen LogP contribution is 2.33. The summed E-state index contributed by atoms with van der Waals surface area (Å²) in [5.74, 6) is 1.84. The van der Waals surface area contributed by atoms with Crippen LogP contribution in [-0.2, 0) is 24.2 Å². The minimum atomic E-state index is -0.227. The zero-order valence-electron chi connectivity index (χ0n) is 19.7. The van der Waals surface area contributed by atoms with E-state index >= 15 is 0 Å². The molecule has 0 saturated carbocycles. The van der Waals surface area contributed by atoms with Crippen LogP contribution in [0.15, 0.2) is 60.7 Å². The van der Waals surface area contributed by atoms with Crippen LogP contribution in [0, 0.1) is 0 Å². The highest BCUT2D eigenvalue weighted by atomic mass is 16.5. The first kappa shape index (κ1) is 23.4. The molecule has 0 spiro atoms. The number of anilines is 2. The van der Waals surface area contributed by atoms with Gasteiger partial charge in [0.1, 0.15) is 5.75 Å². The Labute approximate surface area is 200 Å². The number of amides is 1. The first-order chi connectivity index (χ1) is 16.6. The van der Waals surface area contributed by atoms with Gasteiger partial charge in [0.25, 0.3) is 5.91 Å². The fourth-order valence-electron chi connectivity index (χ4n) is 4.13. The smallest absolute Gasteiger partial charge is 0.262 e. The molecule has 0 saturated heterocycles. The molecule has 3 N–H and O–H groups in total. The molecular weight excluding hydrogens is 430 g/mol. The number of para-hydroxylation sites is 2. The van der Waals surface area contributed by atoms with Gasteiger partial charge in [-0.15, -0.1) is 0 Å². The molecule has 0 atom stereocenters. The van der Waals surface area contributed by atoms with E-state index in [9.17, 15) is 4.79 Å². The molecule has 0 bridgehead atoms. The molecule has 178 valence electrons. The molecular formula is C27H31N3O4. The van der Waals surface area contributed by atoms with Crippen LogP contribution in [0.2, 0.25) is 0 Å². The number of hydrogen-bond donors (Lipinski definition) is 2. The Kier molecular flexibility index (Phi) is 7.54. The lowest BCUT2D eigenvalue weighted by atomic mass is 9.98. The van der Waals surface area contributed by atoms with Crippen molar-refractivity contribution in [1.82, 2.24) is 4.90 Å². The number of nitrogens with two attached hydrogens (primary N) is 1. The number of nitrogen functional groups attached to an aromatic ring is 1. The van der Waals surface area contributed by atoms with E-state index in [1.54, 1.807) is 26.4 Å². The third-order valence-corrected chi connectivity index (χ3v) is 6.03. The van der Waals surface area contributed by atoms with Crippen LogP contribution in [-0.4, -0.2) is 44.7 Å². The lowest BCUT2D eigenvalue weighted by Crippen LogP contribution is -2.32. The van der Waals surface area contributed by atoms with E-state index in [0.29, 0.717) is 11.4 Å². The van der Waals surface area contributed by atoms with E-state index in [4.69, 9.17) is 19.9 Å². The number of methoxy groups -OCH3 is 2. The molecule has 3 aromatic rings. The van der Waals surface area contributed by atoms with Crippen molar-refractivity contribution >= 4 is 17.3 Å². The monoisotopic (exact) mass is 461 g/mol. The fourth-order valence-corrected chi connectivity index (χ4v) is 4.13. The molecule has 1 aliphatic heterocycles. The van der Waals surface area contributed by atoms with E-state index in [-0.39, 0.29) is 12.5 Å². The van der Waals surface area contributed by atoms with E-state index in [2.05, 4.69) is 34.5 Å². The number of hydrogen-bond acceptors (Lipinski definition) is 6. The lowest BCUT2D eigenvalue weighted by molar-refractivity contribution is -0.118. The maximum atomic E-state index is 12.2. The second-order valence-corrected chi connectivity index (χ2v) is 8.32. The molecule has 0 unspecified atom stereocenters. The Morgan fingerprint density at radius 2 is 1.68 bits per heavy atom. The number of fused-ring (bicyclic) bond motifs is 1. The standard InChI is InChI=1S/C27H31N3O4/c1-32-25-15-20-12-14-30(17-21(20)16-26(25)33-2)13-11-19-7-9-22(10-8-19)29-27(31)18-34-24-6-4-3-5-23(24)28/h3-10,15-16H,11-14,17-18,28H2,1-2H3,(H,29,31). The summed E-state index contributed by atoms with van der Waals surface area (Å²) in [5.41, 5.74) is 10.9. The third kappa shape index (κ3) is 5.80. The van der Waals surface area contributed by atoms with E-state index in [1.165, 1.54) is 16.7 Å². The Hall–Kier alpha value is -3.71. The zero-order valence-corrected chi connectivity index (χ0v) is 19.7. The van der Waals surface area contributed by atoms with Crippen LogP contribution in [0.3, 0.4) is 0 Å². The number of nitrogens with zero attached hydrogens (tertiary/aromatic N) is 1. The van der Waals surface area contributed by atoms with Crippen molar-refractivity contribution in [1.29, 1.82) is 0 Å². The van der Waals surface area contributed by atoms with Gasteiger partial charge in [0.15, 0.2) is 18.1 Å². The topological polar surface area (TPSA) is 86.0 Å². The summed E-state index contributed by atoms with van der Waals surface area (Å²) in [6.45, 7) is 2.78. The predicted octanol–water partition coefficient (Wildman–Crippen LogP) is 3.90. The number of carbonyl (C=O) groups is 1. The summed E-state index contributed by atoms with van der Waals surface area (Å²) in [4.78, 5) is 14.7. The molecule has 0 aromatic heterocycles. The summed E-state index contributed by atoms with van der Waals surface area (Å²) in [6.07, 6.45) is 1.94. The molecule has 0 radical (unpaired) electrons. The minimum absolute atomic E-state index is 0.0942. The Morgan fingerprint density at radius 3 is 2.38 bits per heavy atom. The van der Waals surface area contributed by atoms with Crippen LogP contribution in [0.4, 0.5) is 11.4 Å². The lowest BCUT2D eigenvalue weighted by Gasteiger charge is -2.29. The zero-order chi connectivity index (χ0) is 23.9. The quantitative estimate of drug-likeness (QED) is 0.470. The van der Waals surface area contributed by atoms with E-state index in [1.807, 2.05) is 24.3 Å². The molecule has 34 heavy (non-hydrogen) atoms. The van der Waals surface area contributed by atoms with Crippen LogP contribution < -0.4 is 25.3 Å². The average molecular weight is 462 g/mol. The van der Waals surface area contributed by atoms with Gasteiger partial charge in [-0.2, -0.15) is 0 Å². The van der Waals surface area contributed by atoms with Gasteiger partial charge in [-0.25, -0.2) is 0 Å². The first-order valence-electron chi connectivity index (χ1n) is 11.4. The molecule has 7 nitrogen and oxygen atoms in total. The summed E-state index contributed by atoms with van der Waals surface area (Å²) in [5, 5.41) is 2.86.